The van der Waals surface area contributed by atoms with E-state index in [0.29, 0.717) is 16.7 Å². The summed E-state index contributed by atoms with van der Waals surface area (Å²) in [6, 6.07) is 1.86. The molecule has 0 radical (unpaired) electrons. The lowest BCUT2D eigenvalue weighted by molar-refractivity contribution is 0.242. The Hall–Kier alpha value is -0.430. The highest BCUT2D eigenvalue weighted by Crippen LogP contribution is 2.30. The van der Waals surface area contributed by atoms with Crippen LogP contribution in [0.15, 0.2) is 16.3 Å². The lowest BCUT2D eigenvalue weighted by Crippen LogP contribution is -2.39. The van der Waals surface area contributed by atoms with Gasteiger partial charge in [-0.1, -0.05) is 20.8 Å². The largest absolute Gasteiger partial charge is 0.312 e. The average molecular weight is 331 g/mol. The minimum atomic E-state index is -3.37. The van der Waals surface area contributed by atoms with Gasteiger partial charge in [-0.25, -0.2) is 13.1 Å². The molecule has 1 aromatic rings. The second-order valence-corrected chi connectivity index (χ2v) is 8.82. The highest BCUT2D eigenvalue weighted by molar-refractivity contribution is 7.89. The summed E-state index contributed by atoms with van der Waals surface area (Å²) >= 11 is 1.50. The maximum Gasteiger partial charge on any atom is 0.241 e. The van der Waals surface area contributed by atoms with Gasteiger partial charge in [-0.15, -0.1) is 11.3 Å². The Bertz CT molecular complexity index is 554. The van der Waals surface area contributed by atoms with Crippen LogP contribution in [-0.2, 0) is 16.6 Å². The van der Waals surface area contributed by atoms with Gasteiger partial charge in [-0.05, 0) is 43.7 Å². The van der Waals surface area contributed by atoms with Crippen molar-refractivity contribution in [2.24, 2.45) is 11.8 Å². The second-order valence-electron chi connectivity index (χ2n) is 6.11. The molecule has 0 bridgehead atoms. The first-order valence-corrected chi connectivity index (χ1v) is 10.1. The van der Waals surface area contributed by atoms with E-state index in [4.69, 9.17) is 0 Å². The van der Waals surface area contributed by atoms with Gasteiger partial charge < -0.3 is 5.32 Å². The van der Waals surface area contributed by atoms with E-state index in [-0.39, 0.29) is 6.04 Å². The Kier molecular flexibility index (Phi) is 5.82. The Morgan fingerprint density at radius 3 is 2.71 bits per heavy atom. The Morgan fingerprint density at radius 2 is 2.05 bits per heavy atom. The predicted octanol–water partition coefficient (Wildman–Crippen LogP) is 2.96. The fourth-order valence-electron chi connectivity index (χ4n) is 2.78. The molecule has 1 aromatic heterocycles. The Morgan fingerprint density at radius 1 is 1.29 bits per heavy atom. The van der Waals surface area contributed by atoms with Gasteiger partial charge in [0, 0.05) is 22.8 Å². The number of sulfonamides is 1. The van der Waals surface area contributed by atoms with Crippen molar-refractivity contribution in [1.82, 2.24) is 10.0 Å². The monoisotopic (exact) mass is 330 g/mol. The van der Waals surface area contributed by atoms with Gasteiger partial charge in [0.25, 0.3) is 0 Å². The first-order valence-electron chi connectivity index (χ1n) is 7.72. The molecule has 1 heterocycles. The number of hydrogen-bond donors (Lipinski definition) is 2. The SMILES string of the molecule is CCNCc1cc(S(=O)(=O)NC2CCC(C)C(C)C2)cs1. The van der Waals surface area contributed by atoms with Crippen LogP contribution in [0.2, 0.25) is 0 Å². The van der Waals surface area contributed by atoms with Crippen LogP contribution in [-0.4, -0.2) is 21.0 Å². The van der Waals surface area contributed by atoms with E-state index >= 15 is 0 Å². The summed E-state index contributed by atoms with van der Waals surface area (Å²) < 4.78 is 27.8. The van der Waals surface area contributed by atoms with Crippen molar-refractivity contribution in [1.29, 1.82) is 0 Å². The lowest BCUT2D eigenvalue weighted by atomic mass is 9.79. The summed E-state index contributed by atoms with van der Waals surface area (Å²) in [4.78, 5) is 1.47. The molecule has 120 valence electrons. The third-order valence-corrected chi connectivity index (χ3v) is 7.00. The summed E-state index contributed by atoms with van der Waals surface area (Å²) in [5.41, 5.74) is 0. The highest BCUT2D eigenvalue weighted by atomic mass is 32.2. The predicted molar refractivity (Wildman–Crippen MR) is 88.0 cm³/mol. The molecule has 0 spiro atoms. The molecule has 21 heavy (non-hydrogen) atoms. The lowest BCUT2D eigenvalue weighted by Gasteiger charge is -2.32. The van der Waals surface area contributed by atoms with Crippen molar-refractivity contribution >= 4 is 21.4 Å². The van der Waals surface area contributed by atoms with Crippen molar-refractivity contribution in [2.75, 3.05) is 6.54 Å². The number of hydrogen-bond acceptors (Lipinski definition) is 4. The zero-order chi connectivity index (χ0) is 15.5. The quantitative estimate of drug-likeness (QED) is 0.843. The second kappa shape index (κ2) is 7.22. The molecule has 1 fully saturated rings. The van der Waals surface area contributed by atoms with E-state index in [2.05, 4.69) is 23.9 Å². The fourth-order valence-corrected chi connectivity index (χ4v) is 5.31. The molecule has 0 amide bonds. The molecule has 1 aliphatic carbocycles. The van der Waals surface area contributed by atoms with Crippen LogP contribution in [0, 0.1) is 11.8 Å². The maximum atomic E-state index is 12.5. The molecule has 0 aliphatic heterocycles. The van der Waals surface area contributed by atoms with E-state index in [1.165, 1.54) is 11.3 Å². The molecule has 2 rings (SSSR count). The van der Waals surface area contributed by atoms with Crippen molar-refractivity contribution in [3.05, 3.63) is 16.3 Å². The summed E-state index contributed by atoms with van der Waals surface area (Å²) in [5.74, 6) is 1.27. The van der Waals surface area contributed by atoms with Gasteiger partial charge in [-0.2, -0.15) is 0 Å². The molecule has 2 N–H and O–H groups in total. The van der Waals surface area contributed by atoms with Crippen molar-refractivity contribution in [3.63, 3.8) is 0 Å². The number of rotatable bonds is 6. The van der Waals surface area contributed by atoms with Crippen LogP contribution in [0.1, 0.15) is 44.9 Å². The van der Waals surface area contributed by atoms with E-state index < -0.39 is 10.0 Å². The smallest absolute Gasteiger partial charge is 0.241 e. The van der Waals surface area contributed by atoms with Gasteiger partial charge >= 0.3 is 0 Å². The number of thiophene rings is 1. The van der Waals surface area contributed by atoms with Crippen molar-refractivity contribution in [2.45, 2.75) is 57.5 Å². The molecule has 0 saturated heterocycles. The van der Waals surface area contributed by atoms with E-state index in [1.54, 1.807) is 11.4 Å². The van der Waals surface area contributed by atoms with Gasteiger partial charge in [0.05, 0.1) is 4.90 Å². The average Bonchev–Trinajstić information content (AvgIpc) is 2.90. The molecule has 6 heteroatoms. The van der Waals surface area contributed by atoms with Crippen molar-refractivity contribution in [3.8, 4) is 0 Å². The Balaban J connectivity index is 1.99. The first-order chi connectivity index (χ1) is 9.92. The van der Waals surface area contributed by atoms with Crippen LogP contribution in [0.25, 0.3) is 0 Å². The fraction of sp³-hybridized carbons (Fsp3) is 0.733. The van der Waals surface area contributed by atoms with E-state index in [0.717, 1.165) is 37.2 Å². The van der Waals surface area contributed by atoms with Crippen LogP contribution < -0.4 is 10.0 Å². The van der Waals surface area contributed by atoms with Crippen LogP contribution >= 0.6 is 11.3 Å². The third-order valence-electron chi connectivity index (χ3n) is 4.41. The summed E-state index contributed by atoms with van der Waals surface area (Å²) in [6.07, 6.45) is 2.98. The zero-order valence-electron chi connectivity index (χ0n) is 13.1. The van der Waals surface area contributed by atoms with Crippen LogP contribution in [0.5, 0.6) is 0 Å². The van der Waals surface area contributed by atoms with Gasteiger partial charge in [0.2, 0.25) is 10.0 Å². The molecule has 3 unspecified atom stereocenters. The van der Waals surface area contributed by atoms with Gasteiger partial charge in [0.1, 0.15) is 0 Å². The standard InChI is InChI=1S/C15H26N2O2S2/c1-4-16-9-14-8-15(10-20-14)21(18,19)17-13-6-5-11(2)12(3)7-13/h8,10-13,16-17H,4-7,9H2,1-3H3. The minimum absolute atomic E-state index is 0.0818. The van der Waals surface area contributed by atoms with Gasteiger partial charge in [0.15, 0.2) is 0 Å². The van der Waals surface area contributed by atoms with Gasteiger partial charge in [-0.3, -0.25) is 0 Å². The highest BCUT2D eigenvalue weighted by Gasteiger charge is 2.28. The molecule has 0 aromatic carbocycles. The van der Waals surface area contributed by atoms with E-state index in [9.17, 15) is 8.42 Å². The van der Waals surface area contributed by atoms with Crippen LogP contribution in [0.3, 0.4) is 0 Å². The normalized spacial score (nSPS) is 26.9. The molecule has 1 saturated carbocycles. The minimum Gasteiger partial charge on any atom is -0.312 e. The third kappa shape index (κ3) is 4.52. The molecule has 4 nitrogen and oxygen atoms in total. The maximum absolute atomic E-state index is 12.5. The Labute approximate surface area is 132 Å². The molecular weight excluding hydrogens is 304 g/mol. The van der Waals surface area contributed by atoms with Crippen molar-refractivity contribution < 1.29 is 8.42 Å². The number of nitrogens with one attached hydrogen (secondary N) is 2. The molecule has 1 aliphatic rings. The first kappa shape index (κ1) is 16.9. The van der Waals surface area contributed by atoms with E-state index in [1.807, 2.05) is 6.92 Å². The molecular formula is C15H26N2O2S2. The summed E-state index contributed by atoms with van der Waals surface area (Å²) in [7, 11) is -3.37. The topological polar surface area (TPSA) is 58.2 Å². The summed E-state index contributed by atoms with van der Waals surface area (Å²) in [6.45, 7) is 8.12. The molecule has 3 atom stereocenters. The zero-order valence-corrected chi connectivity index (χ0v) is 14.7. The van der Waals surface area contributed by atoms with Crippen LogP contribution in [0.4, 0.5) is 0 Å². The summed E-state index contributed by atoms with van der Waals surface area (Å²) in [5, 5.41) is 4.96.